The number of hydrogen-bond donors (Lipinski definition) is 0. The summed E-state index contributed by atoms with van der Waals surface area (Å²) in [5, 5.41) is 11.3. The third-order valence-corrected chi connectivity index (χ3v) is 5.33. The Bertz CT molecular complexity index is 877. The Labute approximate surface area is 153 Å². The Morgan fingerprint density at radius 2 is 2.20 bits per heavy atom. The monoisotopic (exact) mass is 375 g/mol. The molecule has 2 heterocycles. The van der Waals surface area contributed by atoms with Gasteiger partial charge in [0.2, 0.25) is 5.91 Å². The number of carbonyl (C=O) groups is 1. The molecule has 0 unspecified atom stereocenters. The molecule has 7 nitrogen and oxygen atoms in total. The number of rotatable bonds is 6. The van der Waals surface area contributed by atoms with Gasteiger partial charge in [-0.1, -0.05) is 23.9 Å². The standard InChI is InChI=1S/C16H17N5O2S2/c1-11(22)21(13-6-4-5-7-14(13)23-3)15-18-12(8-24-15)9-25-16-19-17-10-20(16)2/h4-8,10H,9H2,1-3H3. The van der Waals surface area contributed by atoms with Crippen LogP contribution in [0.4, 0.5) is 10.8 Å². The molecule has 3 aromatic rings. The quantitative estimate of drug-likeness (QED) is 0.616. The van der Waals surface area contributed by atoms with Gasteiger partial charge in [-0.15, -0.1) is 21.5 Å². The molecule has 2 aromatic heterocycles. The fourth-order valence-electron chi connectivity index (χ4n) is 2.23. The highest BCUT2D eigenvalue weighted by Crippen LogP contribution is 2.36. The zero-order chi connectivity index (χ0) is 17.8. The van der Waals surface area contributed by atoms with E-state index in [-0.39, 0.29) is 5.91 Å². The normalized spacial score (nSPS) is 10.7. The van der Waals surface area contributed by atoms with E-state index in [0.29, 0.717) is 22.3 Å². The first-order valence-corrected chi connectivity index (χ1v) is 9.31. The van der Waals surface area contributed by atoms with Crippen LogP contribution in [0.1, 0.15) is 12.6 Å². The molecule has 0 aliphatic rings. The van der Waals surface area contributed by atoms with Crippen molar-refractivity contribution in [1.82, 2.24) is 19.7 Å². The molecule has 0 saturated carbocycles. The highest BCUT2D eigenvalue weighted by atomic mass is 32.2. The molecular formula is C16H17N5O2S2. The van der Waals surface area contributed by atoms with Gasteiger partial charge < -0.3 is 9.30 Å². The maximum atomic E-state index is 12.2. The van der Waals surface area contributed by atoms with Crippen molar-refractivity contribution in [2.75, 3.05) is 12.0 Å². The maximum absolute atomic E-state index is 12.2. The number of benzene rings is 1. The molecule has 0 aliphatic heterocycles. The molecule has 0 atom stereocenters. The molecule has 0 fully saturated rings. The van der Waals surface area contributed by atoms with Crippen LogP contribution in [0.2, 0.25) is 0 Å². The second kappa shape index (κ2) is 7.66. The predicted molar refractivity (Wildman–Crippen MR) is 98.5 cm³/mol. The second-order valence-corrected chi connectivity index (χ2v) is 6.94. The average molecular weight is 375 g/mol. The minimum atomic E-state index is -0.119. The van der Waals surface area contributed by atoms with Crippen molar-refractivity contribution >= 4 is 39.8 Å². The van der Waals surface area contributed by atoms with Crippen LogP contribution in [0.5, 0.6) is 5.75 Å². The van der Waals surface area contributed by atoms with Gasteiger partial charge in [0, 0.05) is 25.1 Å². The summed E-state index contributed by atoms with van der Waals surface area (Å²) in [7, 11) is 3.48. The number of aryl methyl sites for hydroxylation is 1. The molecule has 130 valence electrons. The first kappa shape index (κ1) is 17.4. The minimum Gasteiger partial charge on any atom is -0.495 e. The molecule has 0 spiro atoms. The number of hydrogen-bond acceptors (Lipinski definition) is 7. The van der Waals surface area contributed by atoms with E-state index >= 15 is 0 Å². The Morgan fingerprint density at radius 3 is 2.88 bits per heavy atom. The topological polar surface area (TPSA) is 73.1 Å². The number of methoxy groups -OCH3 is 1. The number of ether oxygens (including phenoxy) is 1. The summed E-state index contributed by atoms with van der Waals surface area (Å²) in [4.78, 5) is 18.4. The second-order valence-electron chi connectivity index (χ2n) is 5.16. The van der Waals surface area contributed by atoms with Gasteiger partial charge in [-0.2, -0.15) is 0 Å². The molecule has 3 rings (SSSR count). The summed E-state index contributed by atoms with van der Waals surface area (Å²) in [6, 6.07) is 7.40. The van der Waals surface area contributed by atoms with E-state index in [1.807, 2.05) is 41.3 Å². The summed E-state index contributed by atoms with van der Waals surface area (Å²) in [6.07, 6.45) is 1.66. The number of para-hydroxylation sites is 2. The number of anilines is 2. The summed E-state index contributed by atoms with van der Waals surface area (Å²) in [5.74, 6) is 1.16. The highest BCUT2D eigenvalue weighted by molar-refractivity contribution is 7.98. The van der Waals surface area contributed by atoms with E-state index in [0.717, 1.165) is 10.9 Å². The fraction of sp³-hybridized carbons (Fsp3) is 0.250. The average Bonchev–Trinajstić information content (AvgIpc) is 3.22. The number of aromatic nitrogens is 4. The van der Waals surface area contributed by atoms with Crippen LogP contribution in [-0.4, -0.2) is 32.8 Å². The van der Waals surface area contributed by atoms with E-state index in [1.54, 1.807) is 30.1 Å². The van der Waals surface area contributed by atoms with E-state index in [9.17, 15) is 4.79 Å². The first-order valence-electron chi connectivity index (χ1n) is 7.45. The Kier molecular flexibility index (Phi) is 5.34. The largest absolute Gasteiger partial charge is 0.495 e. The third-order valence-electron chi connectivity index (χ3n) is 3.39. The molecule has 0 N–H and O–H groups in total. The number of nitrogens with zero attached hydrogens (tertiary/aromatic N) is 5. The van der Waals surface area contributed by atoms with Crippen molar-refractivity contribution in [2.45, 2.75) is 17.8 Å². The van der Waals surface area contributed by atoms with Crippen LogP contribution in [0.25, 0.3) is 0 Å². The van der Waals surface area contributed by atoms with Gasteiger partial charge in [-0.25, -0.2) is 4.98 Å². The molecule has 0 saturated heterocycles. The fourth-order valence-corrected chi connectivity index (χ4v) is 3.99. The van der Waals surface area contributed by atoms with Gasteiger partial charge in [0.1, 0.15) is 12.1 Å². The lowest BCUT2D eigenvalue weighted by atomic mass is 10.2. The molecule has 0 bridgehead atoms. The smallest absolute Gasteiger partial charge is 0.230 e. The van der Waals surface area contributed by atoms with Crippen LogP contribution in [0, 0.1) is 0 Å². The molecular weight excluding hydrogens is 358 g/mol. The minimum absolute atomic E-state index is 0.119. The van der Waals surface area contributed by atoms with Crippen LogP contribution >= 0.6 is 23.1 Å². The molecule has 1 aromatic carbocycles. The Balaban J connectivity index is 1.83. The summed E-state index contributed by atoms with van der Waals surface area (Å²) in [5.41, 5.74) is 1.56. The van der Waals surface area contributed by atoms with E-state index in [2.05, 4.69) is 15.2 Å². The van der Waals surface area contributed by atoms with E-state index in [1.165, 1.54) is 18.3 Å². The van der Waals surface area contributed by atoms with Gasteiger partial charge in [-0.05, 0) is 12.1 Å². The van der Waals surface area contributed by atoms with Crippen LogP contribution in [0.15, 0.2) is 41.1 Å². The van der Waals surface area contributed by atoms with Crippen molar-refractivity contribution in [2.24, 2.45) is 7.05 Å². The molecule has 1 amide bonds. The van der Waals surface area contributed by atoms with E-state index < -0.39 is 0 Å². The lowest BCUT2D eigenvalue weighted by Gasteiger charge is -2.20. The van der Waals surface area contributed by atoms with Crippen LogP contribution in [0.3, 0.4) is 0 Å². The molecule has 9 heteroatoms. The molecule has 25 heavy (non-hydrogen) atoms. The number of amides is 1. The summed E-state index contributed by atoms with van der Waals surface area (Å²) >= 11 is 2.97. The number of thiazole rings is 1. The van der Waals surface area contributed by atoms with Crippen molar-refractivity contribution in [3.05, 3.63) is 41.7 Å². The van der Waals surface area contributed by atoms with Gasteiger partial charge in [0.15, 0.2) is 10.3 Å². The van der Waals surface area contributed by atoms with Crippen LogP contribution < -0.4 is 9.64 Å². The predicted octanol–water partition coefficient (Wildman–Crippen LogP) is 3.26. The highest BCUT2D eigenvalue weighted by Gasteiger charge is 2.21. The lowest BCUT2D eigenvalue weighted by Crippen LogP contribution is -2.23. The van der Waals surface area contributed by atoms with Gasteiger partial charge in [0.25, 0.3) is 0 Å². The van der Waals surface area contributed by atoms with Crippen LogP contribution in [-0.2, 0) is 17.6 Å². The first-order chi connectivity index (χ1) is 12.1. The molecule has 0 radical (unpaired) electrons. The lowest BCUT2D eigenvalue weighted by molar-refractivity contribution is -0.115. The van der Waals surface area contributed by atoms with Crippen molar-refractivity contribution < 1.29 is 9.53 Å². The summed E-state index contributed by atoms with van der Waals surface area (Å²) < 4.78 is 7.23. The third kappa shape index (κ3) is 3.83. The zero-order valence-corrected chi connectivity index (χ0v) is 15.7. The van der Waals surface area contributed by atoms with Crippen molar-refractivity contribution in [3.8, 4) is 5.75 Å². The van der Waals surface area contributed by atoms with Gasteiger partial charge >= 0.3 is 0 Å². The maximum Gasteiger partial charge on any atom is 0.230 e. The van der Waals surface area contributed by atoms with Gasteiger partial charge in [-0.3, -0.25) is 9.69 Å². The Hall–Kier alpha value is -2.39. The van der Waals surface area contributed by atoms with Crippen molar-refractivity contribution in [1.29, 1.82) is 0 Å². The SMILES string of the molecule is COc1ccccc1N(C(C)=O)c1nc(CSc2nncn2C)cs1. The van der Waals surface area contributed by atoms with Gasteiger partial charge in [0.05, 0.1) is 18.5 Å². The molecule has 0 aliphatic carbocycles. The Morgan fingerprint density at radius 1 is 1.40 bits per heavy atom. The zero-order valence-electron chi connectivity index (χ0n) is 14.0. The number of carbonyl (C=O) groups excluding carboxylic acids is 1. The van der Waals surface area contributed by atoms with E-state index in [4.69, 9.17) is 4.74 Å². The van der Waals surface area contributed by atoms with Crippen molar-refractivity contribution in [3.63, 3.8) is 0 Å². The summed E-state index contributed by atoms with van der Waals surface area (Å²) in [6.45, 7) is 1.52. The number of thioether (sulfide) groups is 1.